The first-order chi connectivity index (χ1) is 12.7. The minimum absolute atomic E-state index is 0.0487. The summed E-state index contributed by atoms with van der Waals surface area (Å²) in [5.74, 6) is 0.804. The highest BCUT2D eigenvalue weighted by atomic mass is 16.1. The highest BCUT2D eigenvalue weighted by molar-refractivity contribution is 5.79. The second-order valence-electron chi connectivity index (χ2n) is 6.84. The Hall–Kier alpha value is -2.73. The molecule has 2 aromatic heterocycles. The minimum atomic E-state index is -0.0487. The van der Waals surface area contributed by atoms with E-state index in [1.807, 2.05) is 12.3 Å². The SMILES string of the molecule is CC(=O)NCc1ccnc(C2CCCN2Cc2ccc3cc[nH]c3c2)n1. The summed E-state index contributed by atoms with van der Waals surface area (Å²) >= 11 is 0. The van der Waals surface area contributed by atoms with Crippen LogP contribution in [0.1, 0.15) is 42.9 Å². The monoisotopic (exact) mass is 349 g/mol. The molecule has 0 saturated carbocycles. The van der Waals surface area contributed by atoms with Gasteiger partial charge in [0.2, 0.25) is 5.91 Å². The number of aromatic amines is 1. The Kier molecular flexibility index (Phi) is 4.67. The molecule has 3 heterocycles. The summed E-state index contributed by atoms with van der Waals surface area (Å²) in [7, 11) is 0. The maximum atomic E-state index is 11.1. The van der Waals surface area contributed by atoms with Crippen LogP contribution in [-0.2, 0) is 17.9 Å². The van der Waals surface area contributed by atoms with Crippen LogP contribution in [0.3, 0.4) is 0 Å². The van der Waals surface area contributed by atoms with Crippen LogP contribution >= 0.6 is 0 Å². The molecule has 1 aliphatic rings. The highest BCUT2D eigenvalue weighted by Crippen LogP contribution is 2.31. The molecule has 26 heavy (non-hydrogen) atoms. The summed E-state index contributed by atoms with van der Waals surface area (Å²) in [6.45, 7) is 3.90. The van der Waals surface area contributed by atoms with Crippen molar-refractivity contribution < 1.29 is 4.79 Å². The number of carbonyl (C=O) groups excluding carboxylic acids is 1. The normalized spacial score (nSPS) is 17.7. The molecule has 1 fully saturated rings. The summed E-state index contributed by atoms with van der Waals surface area (Å²) in [5.41, 5.74) is 3.32. The largest absolute Gasteiger partial charge is 0.361 e. The number of benzene rings is 1. The first kappa shape index (κ1) is 16.7. The second-order valence-corrected chi connectivity index (χ2v) is 6.84. The van der Waals surface area contributed by atoms with E-state index >= 15 is 0 Å². The van der Waals surface area contributed by atoms with Crippen molar-refractivity contribution in [1.29, 1.82) is 0 Å². The number of fused-ring (bicyclic) bond motifs is 1. The van der Waals surface area contributed by atoms with Gasteiger partial charge in [-0.05, 0) is 48.5 Å². The molecular weight excluding hydrogens is 326 g/mol. The summed E-state index contributed by atoms with van der Waals surface area (Å²) < 4.78 is 0. The molecule has 6 heteroatoms. The van der Waals surface area contributed by atoms with Gasteiger partial charge in [0.15, 0.2) is 0 Å². The molecule has 2 N–H and O–H groups in total. The zero-order valence-electron chi connectivity index (χ0n) is 14.9. The van der Waals surface area contributed by atoms with Crippen LogP contribution < -0.4 is 5.32 Å². The number of H-pyrrole nitrogens is 1. The minimum Gasteiger partial charge on any atom is -0.361 e. The molecule has 6 nitrogen and oxygen atoms in total. The van der Waals surface area contributed by atoms with Gasteiger partial charge in [-0.3, -0.25) is 9.69 Å². The van der Waals surface area contributed by atoms with Crippen LogP contribution in [0, 0.1) is 0 Å². The van der Waals surface area contributed by atoms with Crippen LogP contribution in [0.2, 0.25) is 0 Å². The molecule has 1 aliphatic heterocycles. The predicted molar refractivity (Wildman–Crippen MR) is 100 cm³/mol. The molecule has 0 spiro atoms. The van der Waals surface area contributed by atoms with Gasteiger partial charge in [0, 0.05) is 31.4 Å². The topological polar surface area (TPSA) is 73.9 Å². The zero-order chi connectivity index (χ0) is 17.9. The lowest BCUT2D eigenvalue weighted by atomic mass is 10.1. The Bertz CT molecular complexity index is 919. The maximum absolute atomic E-state index is 11.1. The highest BCUT2D eigenvalue weighted by Gasteiger charge is 2.28. The number of rotatable bonds is 5. The van der Waals surface area contributed by atoms with Gasteiger partial charge in [-0.2, -0.15) is 0 Å². The molecule has 4 rings (SSSR count). The van der Waals surface area contributed by atoms with Crippen LogP contribution in [0.25, 0.3) is 10.9 Å². The number of nitrogens with zero attached hydrogens (tertiary/aromatic N) is 3. The summed E-state index contributed by atoms with van der Waals surface area (Å²) in [5, 5.41) is 4.04. The van der Waals surface area contributed by atoms with E-state index in [2.05, 4.69) is 49.4 Å². The average molecular weight is 349 g/mol. The molecular formula is C20H23N5O. The summed E-state index contributed by atoms with van der Waals surface area (Å²) in [6, 6.07) is 10.8. The molecule has 1 amide bonds. The van der Waals surface area contributed by atoms with Crippen molar-refractivity contribution in [2.45, 2.75) is 38.9 Å². The van der Waals surface area contributed by atoms with Crippen LogP contribution in [-0.4, -0.2) is 32.3 Å². The molecule has 134 valence electrons. The van der Waals surface area contributed by atoms with Gasteiger partial charge < -0.3 is 10.3 Å². The fourth-order valence-electron chi connectivity index (χ4n) is 3.62. The van der Waals surface area contributed by atoms with E-state index in [0.29, 0.717) is 6.54 Å². The Morgan fingerprint density at radius 3 is 3.15 bits per heavy atom. The standard InChI is InChI=1S/C20H23N5O/c1-14(26)23-12-17-7-9-22-20(24-17)19-3-2-10-25(19)13-15-4-5-16-6-8-21-18(16)11-15/h4-9,11,19,21H,2-3,10,12-13H2,1H3,(H,23,26). The summed E-state index contributed by atoms with van der Waals surface area (Å²) in [6.07, 6.45) is 5.98. The smallest absolute Gasteiger partial charge is 0.217 e. The van der Waals surface area contributed by atoms with Crippen molar-refractivity contribution in [1.82, 2.24) is 25.2 Å². The van der Waals surface area contributed by atoms with Crippen molar-refractivity contribution in [2.24, 2.45) is 0 Å². The van der Waals surface area contributed by atoms with E-state index in [1.54, 1.807) is 6.20 Å². The van der Waals surface area contributed by atoms with Crippen molar-refractivity contribution in [3.63, 3.8) is 0 Å². The van der Waals surface area contributed by atoms with Crippen LogP contribution in [0.4, 0.5) is 0 Å². The van der Waals surface area contributed by atoms with Crippen LogP contribution in [0.15, 0.2) is 42.7 Å². The van der Waals surface area contributed by atoms with E-state index in [-0.39, 0.29) is 11.9 Å². The van der Waals surface area contributed by atoms with E-state index < -0.39 is 0 Å². The molecule has 3 aromatic rings. The van der Waals surface area contributed by atoms with E-state index in [0.717, 1.165) is 37.4 Å². The molecule has 1 unspecified atom stereocenters. The Labute approximate surface area is 152 Å². The fourth-order valence-corrected chi connectivity index (χ4v) is 3.62. The number of likely N-dealkylation sites (tertiary alicyclic amines) is 1. The first-order valence-electron chi connectivity index (χ1n) is 9.05. The van der Waals surface area contributed by atoms with Gasteiger partial charge in [-0.25, -0.2) is 9.97 Å². The van der Waals surface area contributed by atoms with Crippen molar-refractivity contribution in [2.75, 3.05) is 6.54 Å². The van der Waals surface area contributed by atoms with Gasteiger partial charge >= 0.3 is 0 Å². The average Bonchev–Trinajstić information content (AvgIpc) is 3.29. The molecule has 0 radical (unpaired) electrons. The van der Waals surface area contributed by atoms with Gasteiger partial charge in [0.05, 0.1) is 18.3 Å². The third-order valence-corrected chi connectivity index (χ3v) is 4.92. The van der Waals surface area contributed by atoms with Gasteiger partial charge in [0.25, 0.3) is 0 Å². The first-order valence-corrected chi connectivity index (χ1v) is 9.05. The number of carbonyl (C=O) groups is 1. The van der Waals surface area contributed by atoms with E-state index in [4.69, 9.17) is 0 Å². The maximum Gasteiger partial charge on any atom is 0.217 e. The Morgan fingerprint density at radius 2 is 2.27 bits per heavy atom. The molecule has 1 aromatic carbocycles. The molecule has 0 aliphatic carbocycles. The number of amides is 1. The Balaban J connectivity index is 1.50. The van der Waals surface area contributed by atoms with Gasteiger partial charge in [-0.15, -0.1) is 0 Å². The Morgan fingerprint density at radius 1 is 1.35 bits per heavy atom. The van der Waals surface area contributed by atoms with Crippen LogP contribution in [0.5, 0.6) is 0 Å². The van der Waals surface area contributed by atoms with E-state index in [1.165, 1.54) is 23.4 Å². The third-order valence-electron chi connectivity index (χ3n) is 4.92. The third kappa shape index (κ3) is 3.60. The molecule has 1 atom stereocenters. The second kappa shape index (κ2) is 7.25. The summed E-state index contributed by atoms with van der Waals surface area (Å²) in [4.78, 5) is 26.0. The van der Waals surface area contributed by atoms with Gasteiger partial charge in [-0.1, -0.05) is 12.1 Å². The fraction of sp³-hybridized carbons (Fsp3) is 0.350. The zero-order valence-corrected chi connectivity index (χ0v) is 14.9. The number of nitrogens with one attached hydrogen (secondary N) is 2. The lowest BCUT2D eigenvalue weighted by Gasteiger charge is -2.23. The predicted octanol–water partition coefficient (Wildman–Crippen LogP) is 2.93. The molecule has 1 saturated heterocycles. The van der Waals surface area contributed by atoms with Gasteiger partial charge in [0.1, 0.15) is 5.82 Å². The molecule has 0 bridgehead atoms. The van der Waals surface area contributed by atoms with Crippen molar-refractivity contribution >= 4 is 16.8 Å². The number of hydrogen-bond acceptors (Lipinski definition) is 4. The lowest BCUT2D eigenvalue weighted by molar-refractivity contribution is -0.119. The lowest BCUT2D eigenvalue weighted by Crippen LogP contribution is -2.25. The van der Waals surface area contributed by atoms with E-state index in [9.17, 15) is 4.79 Å². The van der Waals surface area contributed by atoms with Crippen molar-refractivity contribution in [3.05, 3.63) is 59.8 Å². The number of hydrogen-bond donors (Lipinski definition) is 2. The quantitative estimate of drug-likeness (QED) is 0.743. The van der Waals surface area contributed by atoms with Crippen molar-refractivity contribution in [3.8, 4) is 0 Å². The number of aromatic nitrogens is 3.